The van der Waals surface area contributed by atoms with E-state index in [0.29, 0.717) is 0 Å². The van der Waals surface area contributed by atoms with Crippen LogP contribution in [-0.4, -0.2) is 30.0 Å². The smallest absolute Gasteiger partial charge is 0.368 e. The van der Waals surface area contributed by atoms with Crippen molar-refractivity contribution in [3.8, 4) is 0 Å². The van der Waals surface area contributed by atoms with Crippen molar-refractivity contribution in [1.29, 1.82) is 0 Å². The van der Waals surface area contributed by atoms with E-state index in [0.717, 1.165) is 6.42 Å². The second-order valence-electron chi connectivity index (χ2n) is 5.54. The summed E-state index contributed by atoms with van der Waals surface area (Å²) in [6, 6.07) is -0.0233. The quantitative estimate of drug-likeness (QED) is 0.817. The Morgan fingerprint density at radius 1 is 1.25 bits per heavy atom. The first-order valence-electron chi connectivity index (χ1n) is 5.52. The number of nitrogens with one attached hydrogen (secondary N) is 1. The lowest BCUT2D eigenvalue weighted by Gasteiger charge is -2.28. The third-order valence-corrected chi connectivity index (χ3v) is 2.87. The molecule has 0 aromatic heterocycles. The molecule has 0 saturated carbocycles. The number of hydrogen-bond donors (Lipinski definition) is 1. The van der Waals surface area contributed by atoms with Gasteiger partial charge in [0, 0.05) is 12.6 Å². The standard InChI is InChI=1S/C11H20F3NO/c1-9(2)7-8(10(3,4)16-9)15-6-5-11(12,13)14/h8,15H,5-7H2,1-4H3. The van der Waals surface area contributed by atoms with Gasteiger partial charge < -0.3 is 10.1 Å². The Kier molecular flexibility index (Phi) is 3.60. The van der Waals surface area contributed by atoms with Crippen molar-refractivity contribution in [2.45, 2.75) is 64.0 Å². The van der Waals surface area contributed by atoms with Crippen LogP contribution in [-0.2, 0) is 4.74 Å². The Bertz CT molecular complexity index is 248. The zero-order chi connectivity index (χ0) is 12.6. The largest absolute Gasteiger partial charge is 0.390 e. The maximum atomic E-state index is 12.0. The van der Waals surface area contributed by atoms with E-state index >= 15 is 0 Å². The molecular formula is C11H20F3NO. The first kappa shape index (κ1) is 13.8. The minimum Gasteiger partial charge on any atom is -0.368 e. The predicted octanol–water partition coefficient (Wildman–Crippen LogP) is 2.87. The molecule has 1 rings (SSSR count). The van der Waals surface area contributed by atoms with Gasteiger partial charge in [0.1, 0.15) is 0 Å². The highest BCUT2D eigenvalue weighted by Crippen LogP contribution is 2.37. The molecule has 1 atom stereocenters. The van der Waals surface area contributed by atoms with Crippen molar-refractivity contribution < 1.29 is 17.9 Å². The van der Waals surface area contributed by atoms with Crippen LogP contribution < -0.4 is 5.32 Å². The zero-order valence-electron chi connectivity index (χ0n) is 10.2. The van der Waals surface area contributed by atoms with Gasteiger partial charge in [-0.25, -0.2) is 0 Å². The lowest BCUT2D eigenvalue weighted by atomic mass is 9.94. The monoisotopic (exact) mass is 239 g/mol. The normalized spacial score (nSPS) is 28.3. The predicted molar refractivity (Wildman–Crippen MR) is 56.3 cm³/mol. The molecule has 0 spiro atoms. The van der Waals surface area contributed by atoms with E-state index in [1.54, 1.807) is 0 Å². The van der Waals surface area contributed by atoms with Gasteiger partial charge in [0.05, 0.1) is 17.6 Å². The van der Waals surface area contributed by atoms with Gasteiger partial charge >= 0.3 is 6.18 Å². The molecule has 0 bridgehead atoms. The Hall–Kier alpha value is -0.290. The number of halogens is 3. The number of rotatable bonds is 3. The van der Waals surface area contributed by atoms with Crippen LogP contribution in [0.3, 0.4) is 0 Å². The second kappa shape index (κ2) is 4.18. The Labute approximate surface area is 94.5 Å². The minimum atomic E-state index is -4.09. The van der Waals surface area contributed by atoms with Gasteiger partial charge in [-0.2, -0.15) is 13.2 Å². The highest BCUT2D eigenvalue weighted by atomic mass is 19.4. The van der Waals surface area contributed by atoms with Crippen molar-refractivity contribution >= 4 is 0 Å². The van der Waals surface area contributed by atoms with Gasteiger partial charge in [0.15, 0.2) is 0 Å². The Morgan fingerprint density at radius 3 is 2.19 bits per heavy atom. The first-order chi connectivity index (χ1) is 7.02. The van der Waals surface area contributed by atoms with E-state index in [2.05, 4.69) is 5.32 Å². The maximum Gasteiger partial charge on any atom is 0.390 e. The third-order valence-electron chi connectivity index (χ3n) is 2.87. The van der Waals surface area contributed by atoms with Crippen LogP contribution >= 0.6 is 0 Å². The highest BCUT2D eigenvalue weighted by Gasteiger charge is 2.45. The highest BCUT2D eigenvalue weighted by molar-refractivity contribution is 4.98. The van der Waals surface area contributed by atoms with Crippen LogP contribution in [0.2, 0.25) is 0 Å². The molecular weight excluding hydrogens is 219 g/mol. The lowest BCUT2D eigenvalue weighted by molar-refractivity contribution is -0.134. The average molecular weight is 239 g/mol. The zero-order valence-corrected chi connectivity index (χ0v) is 10.2. The molecule has 1 saturated heterocycles. The molecule has 0 aromatic rings. The molecule has 5 heteroatoms. The first-order valence-corrected chi connectivity index (χ1v) is 5.52. The van der Waals surface area contributed by atoms with Crippen LogP contribution in [0.15, 0.2) is 0 Å². The summed E-state index contributed by atoms with van der Waals surface area (Å²) in [4.78, 5) is 0. The summed E-state index contributed by atoms with van der Waals surface area (Å²) in [5.74, 6) is 0. The fourth-order valence-corrected chi connectivity index (χ4v) is 2.27. The van der Waals surface area contributed by atoms with Gasteiger partial charge in [-0.3, -0.25) is 0 Å². The van der Waals surface area contributed by atoms with Crippen LogP contribution in [0.5, 0.6) is 0 Å². The molecule has 0 amide bonds. The van der Waals surface area contributed by atoms with E-state index < -0.39 is 18.2 Å². The van der Waals surface area contributed by atoms with Crippen molar-refractivity contribution in [1.82, 2.24) is 5.32 Å². The van der Waals surface area contributed by atoms with Gasteiger partial charge in [0.2, 0.25) is 0 Å². The van der Waals surface area contributed by atoms with Gasteiger partial charge in [-0.15, -0.1) is 0 Å². The molecule has 1 heterocycles. The summed E-state index contributed by atoms with van der Waals surface area (Å²) in [7, 11) is 0. The molecule has 1 aliphatic heterocycles. The third kappa shape index (κ3) is 3.94. The fraction of sp³-hybridized carbons (Fsp3) is 1.00. The number of ether oxygens (including phenoxy) is 1. The molecule has 1 unspecified atom stereocenters. The van der Waals surface area contributed by atoms with E-state index in [-0.39, 0.29) is 18.2 Å². The molecule has 1 N–H and O–H groups in total. The number of alkyl halides is 3. The molecule has 1 fully saturated rings. The SMILES string of the molecule is CC1(C)CC(NCCC(F)(F)F)C(C)(C)O1. The van der Waals surface area contributed by atoms with Crippen LogP contribution in [0, 0.1) is 0 Å². The van der Waals surface area contributed by atoms with Crippen molar-refractivity contribution in [3.63, 3.8) is 0 Å². The summed E-state index contributed by atoms with van der Waals surface area (Å²) in [5, 5.41) is 2.94. The Balaban J connectivity index is 2.43. The number of hydrogen-bond acceptors (Lipinski definition) is 2. The van der Waals surface area contributed by atoms with Gasteiger partial charge in [-0.1, -0.05) is 0 Å². The van der Waals surface area contributed by atoms with Crippen molar-refractivity contribution in [3.05, 3.63) is 0 Å². The molecule has 1 aliphatic rings. The van der Waals surface area contributed by atoms with E-state index in [1.807, 2.05) is 27.7 Å². The summed E-state index contributed by atoms with van der Waals surface area (Å²) in [6.45, 7) is 7.69. The van der Waals surface area contributed by atoms with Crippen LogP contribution in [0.25, 0.3) is 0 Å². The van der Waals surface area contributed by atoms with Crippen LogP contribution in [0.4, 0.5) is 13.2 Å². The topological polar surface area (TPSA) is 21.3 Å². The minimum absolute atomic E-state index is 0.0233. The van der Waals surface area contributed by atoms with Crippen molar-refractivity contribution in [2.24, 2.45) is 0 Å². The second-order valence-corrected chi connectivity index (χ2v) is 5.54. The molecule has 16 heavy (non-hydrogen) atoms. The fourth-order valence-electron chi connectivity index (χ4n) is 2.27. The molecule has 0 aliphatic carbocycles. The van der Waals surface area contributed by atoms with Crippen molar-refractivity contribution in [2.75, 3.05) is 6.54 Å². The average Bonchev–Trinajstić information content (AvgIpc) is 2.16. The lowest BCUT2D eigenvalue weighted by Crippen LogP contribution is -2.44. The summed E-state index contributed by atoms with van der Waals surface area (Å²) in [6.07, 6.45) is -4.15. The van der Waals surface area contributed by atoms with E-state index in [4.69, 9.17) is 4.74 Å². The summed E-state index contributed by atoms with van der Waals surface area (Å²) < 4.78 is 41.8. The van der Waals surface area contributed by atoms with Crippen LogP contribution in [0.1, 0.15) is 40.5 Å². The summed E-state index contributed by atoms with van der Waals surface area (Å²) >= 11 is 0. The Morgan fingerprint density at radius 2 is 1.81 bits per heavy atom. The van der Waals surface area contributed by atoms with E-state index in [1.165, 1.54) is 0 Å². The van der Waals surface area contributed by atoms with Gasteiger partial charge in [-0.05, 0) is 34.1 Å². The molecule has 96 valence electrons. The maximum absolute atomic E-state index is 12.0. The molecule has 2 nitrogen and oxygen atoms in total. The van der Waals surface area contributed by atoms with E-state index in [9.17, 15) is 13.2 Å². The summed E-state index contributed by atoms with van der Waals surface area (Å²) in [5.41, 5.74) is -0.672. The molecule has 0 aromatic carbocycles. The van der Waals surface area contributed by atoms with Gasteiger partial charge in [0.25, 0.3) is 0 Å². The molecule has 0 radical (unpaired) electrons.